The van der Waals surface area contributed by atoms with Crippen molar-refractivity contribution in [2.45, 2.75) is 20.0 Å². The Bertz CT molecular complexity index is 1620. The van der Waals surface area contributed by atoms with Crippen LogP contribution in [0.4, 0.5) is 5.69 Å². The number of nitrogens with zero attached hydrogens (tertiary/aromatic N) is 5. The molecule has 0 atom stereocenters. The summed E-state index contributed by atoms with van der Waals surface area (Å²) in [5.74, 6) is 12.3. The summed E-state index contributed by atoms with van der Waals surface area (Å²) in [4.78, 5) is 34.7. The molecule has 0 bridgehead atoms. The molecular weight excluding hydrogens is 496 g/mol. The van der Waals surface area contributed by atoms with Crippen molar-refractivity contribution in [2.24, 2.45) is 10.8 Å². The molecule has 0 saturated carbocycles. The molecule has 0 radical (unpaired) electrons. The molecule has 0 aliphatic rings. The van der Waals surface area contributed by atoms with Crippen molar-refractivity contribution in [1.29, 1.82) is 0 Å². The van der Waals surface area contributed by atoms with Gasteiger partial charge in [-0.15, -0.1) is 0 Å². The van der Waals surface area contributed by atoms with Gasteiger partial charge in [0.25, 0.3) is 0 Å². The zero-order valence-corrected chi connectivity index (χ0v) is 20.7. The van der Waals surface area contributed by atoms with E-state index in [2.05, 4.69) is 22.0 Å². The highest BCUT2D eigenvalue weighted by atomic mass is 35.5. The topological polar surface area (TPSA) is 147 Å². The molecule has 190 valence electrons. The second-order valence-corrected chi connectivity index (χ2v) is 8.32. The minimum Gasteiger partial charge on any atom is -0.439 e. The van der Waals surface area contributed by atoms with Gasteiger partial charge in [0.2, 0.25) is 11.5 Å². The number of hydrogen-bond donors (Lipinski definition) is 3. The number of pyridine rings is 1. The molecular formula is C25H25ClN8O3. The number of halogens is 1. The van der Waals surface area contributed by atoms with Crippen LogP contribution in [0.5, 0.6) is 11.6 Å². The van der Waals surface area contributed by atoms with Gasteiger partial charge in [-0.3, -0.25) is 10.4 Å². The van der Waals surface area contributed by atoms with Gasteiger partial charge < -0.3 is 16.0 Å². The normalized spacial score (nSPS) is 11.4. The predicted octanol–water partition coefficient (Wildman–Crippen LogP) is 2.10. The largest absolute Gasteiger partial charge is 0.439 e. The molecule has 0 amide bonds. The van der Waals surface area contributed by atoms with E-state index in [-0.39, 0.29) is 18.7 Å². The first-order chi connectivity index (χ1) is 17.8. The molecule has 0 unspecified atom stereocenters. The van der Waals surface area contributed by atoms with Crippen molar-refractivity contribution < 1.29 is 4.74 Å². The van der Waals surface area contributed by atoms with Crippen LogP contribution in [0.1, 0.15) is 18.2 Å². The summed E-state index contributed by atoms with van der Waals surface area (Å²) < 4.78 is 9.05. The Labute approximate surface area is 216 Å². The lowest BCUT2D eigenvalue weighted by molar-refractivity contribution is 0.462. The summed E-state index contributed by atoms with van der Waals surface area (Å²) in [6.07, 6.45) is 0. The van der Waals surface area contributed by atoms with Gasteiger partial charge >= 0.3 is 11.4 Å². The summed E-state index contributed by atoms with van der Waals surface area (Å²) >= 11 is 5.99. The highest BCUT2D eigenvalue weighted by molar-refractivity contribution is 6.30. The lowest BCUT2D eigenvalue weighted by atomic mass is 10.2. The van der Waals surface area contributed by atoms with Gasteiger partial charge in [0, 0.05) is 17.6 Å². The third-order valence-electron chi connectivity index (χ3n) is 5.42. The van der Waals surface area contributed by atoms with Crippen LogP contribution in [0.15, 0.2) is 87.9 Å². The van der Waals surface area contributed by atoms with E-state index in [0.717, 1.165) is 14.8 Å². The van der Waals surface area contributed by atoms with Crippen LogP contribution in [0, 0.1) is 0 Å². The van der Waals surface area contributed by atoms with Gasteiger partial charge in [-0.05, 0) is 55.0 Å². The van der Waals surface area contributed by atoms with Crippen molar-refractivity contribution in [3.05, 3.63) is 116 Å². The fraction of sp³-hybridized carbons (Fsp3) is 0.120. The summed E-state index contributed by atoms with van der Waals surface area (Å²) in [6.45, 7) is 5.77. The maximum Gasteiger partial charge on any atom is 0.353 e. The maximum atomic E-state index is 13.1. The Hall–Kier alpha value is -4.61. The van der Waals surface area contributed by atoms with Crippen LogP contribution in [-0.4, -0.2) is 18.8 Å². The van der Waals surface area contributed by atoms with E-state index in [1.165, 1.54) is 4.57 Å². The van der Waals surface area contributed by atoms with Crippen molar-refractivity contribution in [1.82, 2.24) is 24.2 Å². The molecule has 11 nitrogen and oxygen atoms in total. The second-order valence-electron chi connectivity index (χ2n) is 7.88. The van der Waals surface area contributed by atoms with E-state index in [4.69, 9.17) is 28.0 Å². The molecule has 0 fully saturated rings. The van der Waals surface area contributed by atoms with E-state index in [1.54, 1.807) is 73.7 Å². The molecule has 0 aliphatic carbocycles. The number of benzene rings is 2. The van der Waals surface area contributed by atoms with Gasteiger partial charge in [-0.1, -0.05) is 36.4 Å². The van der Waals surface area contributed by atoms with E-state index in [9.17, 15) is 9.59 Å². The van der Waals surface area contributed by atoms with Crippen LogP contribution in [0.3, 0.4) is 0 Å². The summed E-state index contributed by atoms with van der Waals surface area (Å²) in [5.41, 5.74) is 3.48. The molecule has 5 N–H and O–H groups in total. The smallest absolute Gasteiger partial charge is 0.353 e. The molecule has 4 rings (SSSR count). The van der Waals surface area contributed by atoms with Gasteiger partial charge in [-0.2, -0.15) is 4.68 Å². The number of aromatic nitrogens is 4. The third-order valence-corrected chi connectivity index (χ3v) is 5.67. The minimum absolute atomic E-state index is 0.00881. The van der Waals surface area contributed by atoms with Crippen molar-refractivity contribution in [3.63, 3.8) is 0 Å². The Balaban J connectivity index is 1.71. The number of hydrogen-bond acceptors (Lipinski definition) is 8. The molecule has 37 heavy (non-hydrogen) atoms. The van der Waals surface area contributed by atoms with Crippen LogP contribution in [0.2, 0.25) is 5.02 Å². The first-order valence-corrected chi connectivity index (χ1v) is 11.6. The quantitative estimate of drug-likeness (QED) is 0.238. The summed E-state index contributed by atoms with van der Waals surface area (Å²) in [7, 11) is 0. The van der Waals surface area contributed by atoms with E-state index in [1.807, 2.05) is 0 Å². The molecule has 0 saturated heterocycles. The average molecular weight is 521 g/mol. The Morgan fingerprint density at radius 3 is 2.41 bits per heavy atom. The first-order valence-electron chi connectivity index (χ1n) is 11.2. The lowest BCUT2D eigenvalue weighted by Gasteiger charge is -2.13. The van der Waals surface area contributed by atoms with Gasteiger partial charge in [0.15, 0.2) is 0 Å². The Kier molecular flexibility index (Phi) is 7.56. The Morgan fingerprint density at radius 1 is 1.05 bits per heavy atom. The van der Waals surface area contributed by atoms with Gasteiger partial charge in [0.1, 0.15) is 5.75 Å². The molecule has 0 aliphatic heterocycles. The first kappa shape index (κ1) is 25.5. The van der Waals surface area contributed by atoms with Crippen LogP contribution < -0.4 is 38.8 Å². The predicted molar refractivity (Wildman–Crippen MR) is 142 cm³/mol. The molecule has 12 heteroatoms. The van der Waals surface area contributed by atoms with Gasteiger partial charge in [-0.25, -0.2) is 24.1 Å². The van der Waals surface area contributed by atoms with Crippen molar-refractivity contribution in [2.75, 3.05) is 5.84 Å². The highest BCUT2D eigenvalue weighted by Crippen LogP contribution is 2.23. The summed E-state index contributed by atoms with van der Waals surface area (Å²) in [5, 5.41) is 0.568. The average Bonchev–Trinajstić information content (AvgIpc) is 2.91. The number of ether oxygens (including phenoxy) is 1. The van der Waals surface area contributed by atoms with Crippen molar-refractivity contribution >= 4 is 23.0 Å². The van der Waals surface area contributed by atoms with Crippen LogP contribution in [0.25, 0.3) is 5.70 Å². The zero-order valence-electron chi connectivity index (χ0n) is 20.0. The van der Waals surface area contributed by atoms with E-state index >= 15 is 0 Å². The zero-order chi connectivity index (χ0) is 26.5. The number of rotatable bonds is 8. The number of nitrogens with two attached hydrogens (primary N) is 2. The standard InChI is InChI=1S/C25H25ClN8O3/c1-3-32-24(35)33(15-17-7-9-18(26)10-8-17)23(34(28)25(32)36)29-19-11-13-20(14-12-19)37-22-6-4-5-21(30-22)16(2)31-27/h4-14,31H,2-3,15,27-28H2,1H3. The molecule has 2 heterocycles. The minimum atomic E-state index is -0.668. The molecule has 0 spiro atoms. The fourth-order valence-electron chi connectivity index (χ4n) is 3.49. The molecule has 2 aromatic carbocycles. The third kappa shape index (κ3) is 5.63. The van der Waals surface area contributed by atoms with E-state index in [0.29, 0.717) is 33.7 Å². The van der Waals surface area contributed by atoms with E-state index < -0.39 is 11.4 Å². The van der Waals surface area contributed by atoms with Gasteiger partial charge in [0.05, 0.1) is 23.6 Å². The SMILES string of the molecule is C=C(NN)c1cccc(Oc2ccc(N=c3n(N)c(=O)n(CC)c(=O)n3Cc3ccc(Cl)cc3)cc2)n1. The monoisotopic (exact) mass is 520 g/mol. The number of hydrazine groups is 1. The number of nitrogen functional groups attached to an aromatic ring is 1. The van der Waals surface area contributed by atoms with Crippen molar-refractivity contribution in [3.8, 4) is 11.6 Å². The number of nitrogens with one attached hydrogen (secondary N) is 1. The van der Waals surface area contributed by atoms with Crippen LogP contribution >= 0.6 is 11.6 Å². The lowest BCUT2D eigenvalue weighted by Crippen LogP contribution is -2.57. The molecule has 4 aromatic rings. The maximum absolute atomic E-state index is 13.1. The fourth-order valence-corrected chi connectivity index (χ4v) is 3.62. The molecule has 2 aromatic heterocycles. The van der Waals surface area contributed by atoms with Crippen LogP contribution in [-0.2, 0) is 13.1 Å². The highest BCUT2D eigenvalue weighted by Gasteiger charge is 2.13. The Morgan fingerprint density at radius 2 is 1.76 bits per heavy atom. The second kappa shape index (κ2) is 11.0. The summed E-state index contributed by atoms with van der Waals surface area (Å²) in [6, 6.07) is 18.9.